The Labute approximate surface area is 165 Å². The summed E-state index contributed by atoms with van der Waals surface area (Å²) >= 11 is 1.48. The van der Waals surface area contributed by atoms with Crippen molar-refractivity contribution in [1.29, 1.82) is 0 Å². The van der Waals surface area contributed by atoms with Crippen LogP contribution >= 0.6 is 11.3 Å². The summed E-state index contributed by atoms with van der Waals surface area (Å²) in [6.45, 7) is 0. The van der Waals surface area contributed by atoms with Crippen LogP contribution in [0.2, 0.25) is 0 Å². The Hall–Kier alpha value is -3.38. The summed E-state index contributed by atoms with van der Waals surface area (Å²) in [5.41, 5.74) is 3.60. The van der Waals surface area contributed by atoms with Crippen LogP contribution in [0, 0.1) is 0 Å². The molecule has 4 aromatic rings. The van der Waals surface area contributed by atoms with Crippen molar-refractivity contribution in [2.75, 3.05) is 19.5 Å². The minimum atomic E-state index is -0.283. The Morgan fingerprint density at radius 3 is 2.46 bits per heavy atom. The first-order valence-electron chi connectivity index (χ1n) is 8.77. The lowest BCUT2D eigenvalue weighted by Crippen LogP contribution is -2.13. The zero-order valence-corrected chi connectivity index (χ0v) is 16.1. The van der Waals surface area contributed by atoms with Gasteiger partial charge in [0.25, 0.3) is 5.91 Å². The van der Waals surface area contributed by atoms with Crippen LogP contribution in [0.15, 0.2) is 54.6 Å². The largest absolute Gasteiger partial charge is 0.493 e. The number of ether oxygens (including phenoxy) is 2. The predicted octanol–water partition coefficient (Wildman–Crippen LogP) is 5.21. The van der Waals surface area contributed by atoms with Gasteiger partial charge in [-0.3, -0.25) is 10.1 Å². The Morgan fingerprint density at radius 1 is 0.964 bits per heavy atom. The van der Waals surface area contributed by atoms with Crippen molar-refractivity contribution in [3.05, 3.63) is 60.2 Å². The molecule has 0 bridgehead atoms. The molecule has 1 N–H and O–H groups in total. The third-order valence-electron chi connectivity index (χ3n) is 4.90. The van der Waals surface area contributed by atoms with Crippen molar-refractivity contribution < 1.29 is 14.3 Å². The van der Waals surface area contributed by atoms with Crippen molar-refractivity contribution >= 4 is 33.1 Å². The van der Waals surface area contributed by atoms with Gasteiger partial charge in [-0.2, -0.15) is 0 Å². The third kappa shape index (κ3) is 2.38. The number of para-hydroxylation sites is 1. The van der Waals surface area contributed by atoms with Crippen LogP contribution in [0.5, 0.6) is 11.5 Å². The minimum absolute atomic E-state index is 0.283. The number of thiazole rings is 1. The van der Waals surface area contributed by atoms with Gasteiger partial charge >= 0.3 is 0 Å². The highest BCUT2D eigenvalue weighted by atomic mass is 32.1. The maximum atomic E-state index is 12.8. The van der Waals surface area contributed by atoms with Gasteiger partial charge in [-0.1, -0.05) is 53.8 Å². The van der Waals surface area contributed by atoms with E-state index in [2.05, 4.69) is 35.6 Å². The molecule has 1 aliphatic carbocycles. The van der Waals surface area contributed by atoms with Crippen molar-refractivity contribution in [3.63, 3.8) is 0 Å². The normalized spacial score (nSPS) is 11.4. The maximum absolute atomic E-state index is 12.8. The molecule has 0 aliphatic heterocycles. The van der Waals surface area contributed by atoms with E-state index in [-0.39, 0.29) is 5.91 Å². The molecule has 5 nitrogen and oxygen atoms in total. The van der Waals surface area contributed by atoms with Crippen LogP contribution in [0.4, 0.5) is 5.13 Å². The molecule has 0 saturated heterocycles. The quantitative estimate of drug-likeness (QED) is 0.459. The van der Waals surface area contributed by atoms with E-state index < -0.39 is 0 Å². The van der Waals surface area contributed by atoms with Gasteiger partial charge in [-0.25, -0.2) is 4.98 Å². The van der Waals surface area contributed by atoms with Crippen LogP contribution in [0.1, 0.15) is 10.4 Å². The molecule has 1 amide bonds. The first-order chi connectivity index (χ1) is 13.7. The van der Waals surface area contributed by atoms with E-state index in [9.17, 15) is 4.79 Å². The van der Waals surface area contributed by atoms with Gasteiger partial charge < -0.3 is 9.47 Å². The van der Waals surface area contributed by atoms with Gasteiger partial charge in [0.1, 0.15) is 0 Å². The Morgan fingerprint density at radius 2 is 1.71 bits per heavy atom. The number of hydrogen-bond donors (Lipinski definition) is 1. The van der Waals surface area contributed by atoms with E-state index in [1.807, 2.05) is 6.07 Å². The average molecular weight is 388 g/mol. The number of benzene rings is 3. The Kier molecular flexibility index (Phi) is 3.80. The van der Waals surface area contributed by atoms with Gasteiger partial charge in [-0.15, -0.1) is 0 Å². The summed E-state index contributed by atoms with van der Waals surface area (Å²) in [7, 11) is 3.06. The first-order valence-corrected chi connectivity index (χ1v) is 9.58. The van der Waals surface area contributed by atoms with Crippen LogP contribution in [-0.4, -0.2) is 25.1 Å². The van der Waals surface area contributed by atoms with Crippen LogP contribution in [-0.2, 0) is 0 Å². The maximum Gasteiger partial charge on any atom is 0.261 e. The van der Waals surface area contributed by atoms with E-state index in [1.54, 1.807) is 25.3 Å². The number of anilines is 1. The summed E-state index contributed by atoms with van der Waals surface area (Å²) in [6.07, 6.45) is 0. The van der Waals surface area contributed by atoms with Crippen LogP contribution in [0.25, 0.3) is 32.5 Å². The van der Waals surface area contributed by atoms with Crippen LogP contribution < -0.4 is 14.8 Å². The van der Waals surface area contributed by atoms with Gasteiger partial charge in [0.15, 0.2) is 16.6 Å². The average Bonchev–Trinajstić information content (AvgIpc) is 3.27. The van der Waals surface area contributed by atoms with Gasteiger partial charge in [0.2, 0.25) is 0 Å². The van der Waals surface area contributed by atoms with Crippen molar-refractivity contribution in [2.24, 2.45) is 0 Å². The van der Waals surface area contributed by atoms with E-state index in [1.165, 1.54) is 34.8 Å². The van der Waals surface area contributed by atoms with Crippen molar-refractivity contribution in [2.45, 2.75) is 0 Å². The molecule has 1 aromatic heterocycles. The fourth-order valence-electron chi connectivity index (χ4n) is 3.70. The van der Waals surface area contributed by atoms with E-state index in [4.69, 9.17) is 14.5 Å². The highest BCUT2D eigenvalue weighted by Gasteiger charge is 2.26. The van der Waals surface area contributed by atoms with Crippen molar-refractivity contribution in [3.8, 4) is 33.2 Å². The summed E-state index contributed by atoms with van der Waals surface area (Å²) in [4.78, 5) is 18.6. The second-order valence-electron chi connectivity index (χ2n) is 6.40. The summed E-state index contributed by atoms with van der Waals surface area (Å²) < 4.78 is 10.7. The molecular formula is C22H16N2O3S. The SMILES string of the molecule is COc1cccc(C(=O)Nc2nc3c(s2)-c2cccc4cccc-3c24)c1OC. The highest BCUT2D eigenvalue weighted by molar-refractivity contribution is 7.20. The third-order valence-corrected chi connectivity index (χ3v) is 5.90. The monoisotopic (exact) mass is 388 g/mol. The number of rotatable bonds is 4. The van der Waals surface area contributed by atoms with E-state index in [0.29, 0.717) is 22.2 Å². The summed E-state index contributed by atoms with van der Waals surface area (Å²) in [5, 5.41) is 5.90. The van der Waals surface area contributed by atoms with Crippen molar-refractivity contribution in [1.82, 2.24) is 4.98 Å². The molecule has 1 heterocycles. The number of carbonyl (C=O) groups is 1. The standard InChI is InChI=1S/C22H16N2O3S/c1-26-16-11-5-10-15(19(16)27-2)21(25)24-22-23-18-13-8-3-6-12-7-4-9-14(17(12)13)20(18)28-22/h3-11H,1-2H3,(H,23,24,25). The smallest absolute Gasteiger partial charge is 0.261 e. The lowest BCUT2D eigenvalue weighted by Gasteiger charge is -2.11. The molecule has 0 radical (unpaired) electrons. The lowest BCUT2D eigenvalue weighted by atomic mass is 10.0. The lowest BCUT2D eigenvalue weighted by molar-refractivity contribution is 0.102. The summed E-state index contributed by atoms with van der Waals surface area (Å²) in [6, 6.07) is 17.7. The molecule has 6 heteroatoms. The molecule has 0 spiro atoms. The molecule has 3 aromatic carbocycles. The second kappa shape index (κ2) is 6.35. The fraction of sp³-hybridized carbons (Fsp3) is 0.0909. The Bertz CT molecular complexity index is 1190. The molecule has 0 fully saturated rings. The fourth-order valence-corrected chi connectivity index (χ4v) is 4.70. The Balaban J connectivity index is 1.52. The molecule has 138 valence electrons. The predicted molar refractivity (Wildman–Crippen MR) is 112 cm³/mol. The summed E-state index contributed by atoms with van der Waals surface area (Å²) in [5.74, 6) is 0.633. The highest BCUT2D eigenvalue weighted by Crippen LogP contribution is 2.50. The molecule has 0 atom stereocenters. The second-order valence-corrected chi connectivity index (χ2v) is 7.40. The molecule has 28 heavy (non-hydrogen) atoms. The van der Waals surface area contributed by atoms with E-state index >= 15 is 0 Å². The van der Waals surface area contributed by atoms with Crippen LogP contribution in [0.3, 0.4) is 0 Å². The number of methoxy groups -OCH3 is 2. The topological polar surface area (TPSA) is 60.5 Å². The zero-order chi connectivity index (χ0) is 19.3. The minimum Gasteiger partial charge on any atom is -0.493 e. The molecule has 0 unspecified atom stereocenters. The first kappa shape index (κ1) is 16.8. The number of amides is 1. The number of hydrogen-bond acceptors (Lipinski definition) is 5. The molecular weight excluding hydrogens is 372 g/mol. The molecule has 5 rings (SSSR count). The number of nitrogens with one attached hydrogen (secondary N) is 1. The number of fused-ring (bicyclic) bond motifs is 3. The van der Waals surface area contributed by atoms with E-state index in [0.717, 1.165) is 16.1 Å². The molecule has 0 saturated carbocycles. The van der Waals surface area contributed by atoms with Gasteiger partial charge in [0, 0.05) is 11.1 Å². The zero-order valence-electron chi connectivity index (χ0n) is 15.3. The van der Waals surface area contributed by atoms with Gasteiger partial charge in [-0.05, 0) is 22.9 Å². The number of carbonyl (C=O) groups excluding carboxylic acids is 1. The number of nitrogens with zero attached hydrogens (tertiary/aromatic N) is 1. The van der Waals surface area contributed by atoms with Gasteiger partial charge in [0.05, 0.1) is 30.4 Å². The number of aromatic nitrogens is 1. The molecule has 1 aliphatic rings.